The molecule has 4 nitrogen and oxygen atoms in total. The maximum atomic E-state index is 14.3. The minimum atomic E-state index is -4.58. The van der Waals surface area contributed by atoms with Crippen molar-refractivity contribution in [1.29, 1.82) is 0 Å². The summed E-state index contributed by atoms with van der Waals surface area (Å²) in [6, 6.07) is 5.68. The number of halogens is 5. The van der Waals surface area contributed by atoms with Gasteiger partial charge < -0.3 is 10.1 Å². The number of nitrogens with one attached hydrogen (secondary N) is 1. The third kappa shape index (κ3) is 5.12. The molecule has 9 heteroatoms. The van der Waals surface area contributed by atoms with Crippen LogP contribution in [0.1, 0.15) is 31.3 Å². The molecule has 3 rings (SSSR count). The lowest BCUT2D eigenvalue weighted by Crippen LogP contribution is -2.32. The number of benzene rings is 2. The Hall–Kier alpha value is -2.87. The highest BCUT2D eigenvalue weighted by Crippen LogP contribution is 2.44. The predicted octanol–water partition coefficient (Wildman–Crippen LogP) is 7.04. The molecule has 1 N–H and O–H groups in total. The third-order valence-electron chi connectivity index (χ3n) is 4.91. The number of allylic oxidation sites excluding steroid dienone is 1. The van der Waals surface area contributed by atoms with E-state index in [2.05, 4.69) is 15.3 Å². The van der Waals surface area contributed by atoms with Crippen LogP contribution in [-0.2, 0) is 0 Å². The van der Waals surface area contributed by atoms with Crippen molar-refractivity contribution in [2.45, 2.75) is 33.0 Å². The third-order valence-corrected chi connectivity index (χ3v) is 5.15. The highest BCUT2D eigenvalue weighted by molar-refractivity contribution is 6.30. The van der Waals surface area contributed by atoms with Gasteiger partial charge in [0.1, 0.15) is 22.9 Å². The van der Waals surface area contributed by atoms with E-state index in [1.165, 1.54) is 37.6 Å². The Morgan fingerprint density at radius 1 is 1.19 bits per heavy atom. The molecule has 2 atom stereocenters. The molecule has 32 heavy (non-hydrogen) atoms. The topological polar surface area (TPSA) is 47.0 Å². The molecule has 2 aromatic carbocycles. The number of aromatic nitrogens is 2. The average molecular weight is 468 g/mol. The Bertz CT molecular complexity index is 1160. The summed E-state index contributed by atoms with van der Waals surface area (Å²) in [7, 11) is 1.36. The van der Waals surface area contributed by atoms with Crippen molar-refractivity contribution in [2.24, 2.45) is 5.92 Å². The molecule has 0 spiro atoms. The van der Waals surface area contributed by atoms with E-state index in [-0.39, 0.29) is 27.9 Å². The van der Waals surface area contributed by atoms with E-state index in [1.54, 1.807) is 20.8 Å². The first-order valence-electron chi connectivity index (χ1n) is 9.75. The van der Waals surface area contributed by atoms with Crippen LogP contribution in [-0.4, -0.2) is 23.3 Å². The van der Waals surface area contributed by atoms with Crippen LogP contribution in [0.15, 0.2) is 48.2 Å². The lowest BCUT2D eigenvalue weighted by atomic mass is 9.89. The van der Waals surface area contributed by atoms with E-state index >= 15 is 0 Å². The maximum absolute atomic E-state index is 14.3. The number of ether oxygens (including phenoxy) is 1. The van der Waals surface area contributed by atoms with Gasteiger partial charge in [0.05, 0.1) is 19.1 Å². The second kappa shape index (κ2) is 9.32. The van der Waals surface area contributed by atoms with Crippen LogP contribution in [0.2, 0.25) is 5.02 Å². The molecule has 0 aliphatic carbocycles. The van der Waals surface area contributed by atoms with Gasteiger partial charge in [0, 0.05) is 27.9 Å². The van der Waals surface area contributed by atoms with Gasteiger partial charge in [-0.3, -0.25) is 0 Å². The van der Waals surface area contributed by atoms with Crippen molar-refractivity contribution < 1.29 is 22.3 Å². The minimum absolute atomic E-state index is 0.0232. The van der Waals surface area contributed by atoms with Crippen LogP contribution >= 0.6 is 11.6 Å². The summed E-state index contributed by atoms with van der Waals surface area (Å²) in [5.41, 5.74) is 1.03. The molecule has 1 aromatic heterocycles. The zero-order valence-electron chi connectivity index (χ0n) is 17.9. The summed E-state index contributed by atoms with van der Waals surface area (Å²) in [5.74, 6) is -1.95. The van der Waals surface area contributed by atoms with E-state index in [1.807, 2.05) is 0 Å². The van der Waals surface area contributed by atoms with Crippen molar-refractivity contribution in [1.82, 2.24) is 9.97 Å². The first-order valence-corrected chi connectivity index (χ1v) is 10.1. The molecule has 0 saturated carbocycles. The molecule has 0 radical (unpaired) electrons. The Kier molecular flexibility index (Phi) is 6.93. The summed E-state index contributed by atoms with van der Waals surface area (Å²) in [6.07, 6.45) is -2.04. The number of methoxy groups -OCH3 is 1. The van der Waals surface area contributed by atoms with E-state index < -0.39 is 24.0 Å². The molecule has 0 amide bonds. The molecule has 0 fully saturated rings. The number of aryl methyl sites for hydroxylation is 1. The van der Waals surface area contributed by atoms with E-state index in [9.17, 15) is 17.6 Å². The standard InChI is InChI=1S/C23H22ClF4N3O/c1-12(2)9-17(23(26,27)28)21(15-6-5-14(24)10-20(15)32-4)31-19-8-7-18(25)22-16(19)11-29-13(3)30-22/h5-11,17,21,31H,1-4H3. The first-order chi connectivity index (χ1) is 15.0. The van der Waals surface area contributed by atoms with Gasteiger partial charge in [0.25, 0.3) is 0 Å². The van der Waals surface area contributed by atoms with Gasteiger partial charge in [0.2, 0.25) is 0 Å². The Balaban J connectivity index is 2.24. The summed E-state index contributed by atoms with van der Waals surface area (Å²) in [4.78, 5) is 8.18. The molecule has 1 heterocycles. The number of hydrogen-bond donors (Lipinski definition) is 1. The van der Waals surface area contributed by atoms with Gasteiger partial charge in [0.15, 0.2) is 0 Å². The molecular formula is C23H22ClF4N3O. The minimum Gasteiger partial charge on any atom is -0.496 e. The summed E-state index contributed by atoms with van der Waals surface area (Å²) in [6.45, 7) is 4.80. The zero-order chi connectivity index (χ0) is 23.6. The van der Waals surface area contributed by atoms with Crippen LogP contribution in [0.5, 0.6) is 5.75 Å². The van der Waals surface area contributed by atoms with Crippen LogP contribution in [0, 0.1) is 18.7 Å². The van der Waals surface area contributed by atoms with Crippen molar-refractivity contribution >= 4 is 28.2 Å². The maximum Gasteiger partial charge on any atom is 0.397 e. The van der Waals surface area contributed by atoms with Crippen molar-refractivity contribution in [3.63, 3.8) is 0 Å². The first kappa shape index (κ1) is 23.8. The lowest BCUT2D eigenvalue weighted by molar-refractivity contribution is -0.165. The van der Waals surface area contributed by atoms with Gasteiger partial charge in [-0.1, -0.05) is 29.3 Å². The molecule has 3 aromatic rings. The van der Waals surface area contributed by atoms with E-state index in [0.717, 1.165) is 12.1 Å². The Morgan fingerprint density at radius 3 is 2.53 bits per heavy atom. The smallest absolute Gasteiger partial charge is 0.397 e. The lowest BCUT2D eigenvalue weighted by Gasteiger charge is -2.31. The number of rotatable bonds is 6. The fraction of sp³-hybridized carbons (Fsp3) is 0.304. The predicted molar refractivity (Wildman–Crippen MR) is 118 cm³/mol. The van der Waals surface area contributed by atoms with Gasteiger partial charge in [-0.05, 0) is 45.0 Å². The zero-order valence-corrected chi connectivity index (χ0v) is 18.6. The fourth-order valence-electron chi connectivity index (χ4n) is 3.51. The largest absolute Gasteiger partial charge is 0.496 e. The average Bonchev–Trinajstić information content (AvgIpc) is 2.71. The molecule has 0 bridgehead atoms. The number of anilines is 1. The molecular weight excluding hydrogens is 446 g/mol. The second-order valence-electron chi connectivity index (χ2n) is 7.59. The van der Waals surface area contributed by atoms with Gasteiger partial charge >= 0.3 is 6.18 Å². The Labute approximate surface area is 188 Å². The van der Waals surface area contributed by atoms with Crippen molar-refractivity contribution in [2.75, 3.05) is 12.4 Å². The highest BCUT2D eigenvalue weighted by atomic mass is 35.5. The summed E-state index contributed by atoms with van der Waals surface area (Å²) >= 11 is 6.03. The van der Waals surface area contributed by atoms with Gasteiger partial charge in [-0.25, -0.2) is 14.4 Å². The van der Waals surface area contributed by atoms with E-state index in [0.29, 0.717) is 16.4 Å². The molecule has 0 saturated heterocycles. The summed E-state index contributed by atoms with van der Waals surface area (Å²) < 4.78 is 62.4. The Morgan fingerprint density at radius 2 is 1.91 bits per heavy atom. The number of nitrogens with zero attached hydrogens (tertiary/aromatic N) is 2. The quantitative estimate of drug-likeness (QED) is 0.312. The molecule has 2 unspecified atom stereocenters. The second-order valence-corrected chi connectivity index (χ2v) is 8.03. The number of fused-ring (bicyclic) bond motifs is 1. The van der Waals surface area contributed by atoms with Crippen LogP contribution < -0.4 is 10.1 Å². The van der Waals surface area contributed by atoms with Crippen molar-refractivity contribution in [3.8, 4) is 5.75 Å². The van der Waals surface area contributed by atoms with Gasteiger partial charge in [-0.15, -0.1) is 0 Å². The highest BCUT2D eigenvalue weighted by Gasteiger charge is 2.45. The molecule has 0 aliphatic heterocycles. The van der Waals surface area contributed by atoms with E-state index in [4.69, 9.17) is 16.3 Å². The van der Waals surface area contributed by atoms with Gasteiger partial charge in [-0.2, -0.15) is 13.2 Å². The van der Waals surface area contributed by atoms with Crippen LogP contribution in [0.3, 0.4) is 0 Å². The normalized spacial score (nSPS) is 13.5. The molecule has 0 aliphatic rings. The van der Waals surface area contributed by atoms with Crippen LogP contribution in [0.4, 0.5) is 23.2 Å². The summed E-state index contributed by atoms with van der Waals surface area (Å²) in [5, 5.41) is 3.55. The monoisotopic (exact) mass is 467 g/mol. The number of alkyl halides is 3. The SMILES string of the molecule is COc1cc(Cl)ccc1C(Nc1ccc(F)c2nc(C)ncc12)C(C=C(C)C)C(F)(F)F. The van der Waals surface area contributed by atoms with Crippen molar-refractivity contribution in [3.05, 3.63) is 70.4 Å². The van der Waals surface area contributed by atoms with Crippen LogP contribution in [0.25, 0.3) is 10.9 Å². The fourth-order valence-corrected chi connectivity index (χ4v) is 3.67. The number of hydrogen-bond acceptors (Lipinski definition) is 4. The molecule has 170 valence electrons.